The van der Waals surface area contributed by atoms with Crippen LogP contribution in [-0.2, 0) is 13.2 Å². The van der Waals surface area contributed by atoms with Crippen LogP contribution in [0.15, 0.2) is 47.1 Å². The lowest BCUT2D eigenvalue weighted by molar-refractivity contribution is 0.0946. The highest BCUT2D eigenvalue weighted by Gasteiger charge is 2.15. The molecule has 28 heavy (non-hydrogen) atoms. The number of pyridine rings is 1. The zero-order valence-electron chi connectivity index (χ0n) is 16.5. The highest BCUT2D eigenvalue weighted by molar-refractivity contribution is 5.96. The molecule has 0 spiro atoms. The summed E-state index contributed by atoms with van der Waals surface area (Å²) in [4.78, 5) is 19.0. The molecule has 7 heteroatoms. The van der Waals surface area contributed by atoms with Gasteiger partial charge >= 0.3 is 0 Å². The van der Waals surface area contributed by atoms with E-state index in [1.165, 1.54) is 0 Å². The first-order valence-corrected chi connectivity index (χ1v) is 9.00. The van der Waals surface area contributed by atoms with E-state index in [0.717, 1.165) is 22.6 Å². The van der Waals surface area contributed by atoms with Gasteiger partial charge in [0.2, 0.25) is 0 Å². The Morgan fingerprint density at radius 2 is 1.96 bits per heavy atom. The first kappa shape index (κ1) is 19.4. The van der Waals surface area contributed by atoms with Crippen LogP contribution in [0.25, 0.3) is 0 Å². The van der Waals surface area contributed by atoms with Crippen molar-refractivity contribution < 1.29 is 14.1 Å². The number of rotatable bonds is 7. The summed E-state index contributed by atoms with van der Waals surface area (Å²) in [6.45, 7) is 4.37. The van der Waals surface area contributed by atoms with E-state index in [0.29, 0.717) is 30.2 Å². The van der Waals surface area contributed by atoms with Crippen LogP contribution in [0.5, 0.6) is 5.75 Å². The maximum absolute atomic E-state index is 12.8. The molecule has 0 radical (unpaired) electrons. The van der Waals surface area contributed by atoms with Crippen LogP contribution in [0.1, 0.15) is 32.9 Å². The number of para-hydroxylation sites is 1. The molecule has 3 aromatic rings. The second kappa shape index (κ2) is 8.56. The molecule has 1 N–H and O–H groups in total. The number of amides is 1. The second-order valence-corrected chi connectivity index (χ2v) is 6.65. The molecule has 0 aliphatic rings. The molecule has 0 atom stereocenters. The minimum absolute atomic E-state index is 0.206. The SMILES string of the molecule is Cc1noc(C)c1COc1ccccc1C(=O)NCc1cccnc1N(C)C. The quantitative estimate of drug-likeness (QED) is 0.678. The number of ether oxygens (including phenoxy) is 1. The third-order valence-corrected chi connectivity index (χ3v) is 4.42. The third-order valence-electron chi connectivity index (χ3n) is 4.42. The Hall–Kier alpha value is -3.35. The highest BCUT2D eigenvalue weighted by Crippen LogP contribution is 2.22. The number of nitrogens with one attached hydrogen (secondary N) is 1. The van der Waals surface area contributed by atoms with Crippen molar-refractivity contribution >= 4 is 11.7 Å². The van der Waals surface area contributed by atoms with Gasteiger partial charge in [-0.15, -0.1) is 0 Å². The topological polar surface area (TPSA) is 80.5 Å². The van der Waals surface area contributed by atoms with Crippen molar-refractivity contribution in [3.63, 3.8) is 0 Å². The molecule has 146 valence electrons. The fraction of sp³-hybridized carbons (Fsp3) is 0.286. The smallest absolute Gasteiger partial charge is 0.255 e. The van der Waals surface area contributed by atoms with E-state index in [9.17, 15) is 4.79 Å². The summed E-state index contributed by atoms with van der Waals surface area (Å²) in [6.07, 6.45) is 1.73. The van der Waals surface area contributed by atoms with Gasteiger partial charge in [0.15, 0.2) is 0 Å². The normalized spacial score (nSPS) is 10.6. The molecule has 0 saturated carbocycles. The molecule has 2 aromatic heterocycles. The van der Waals surface area contributed by atoms with Crippen molar-refractivity contribution in [1.29, 1.82) is 0 Å². The fourth-order valence-corrected chi connectivity index (χ4v) is 2.88. The maximum atomic E-state index is 12.8. The largest absolute Gasteiger partial charge is 0.488 e. The van der Waals surface area contributed by atoms with E-state index >= 15 is 0 Å². The van der Waals surface area contributed by atoms with Crippen LogP contribution < -0.4 is 15.0 Å². The maximum Gasteiger partial charge on any atom is 0.255 e. The number of aromatic nitrogens is 2. The number of carbonyl (C=O) groups is 1. The Bertz CT molecular complexity index is 946. The predicted molar refractivity (Wildman–Crippen MR) is 106 cm³/mol. The van der Waals surface area contributed by atoms with Gasteiger partial charge in [-0.2, -0.15) is 0 Å². The molecule has 0 saturated heterocycles. The number of hydrogen-bond acceptors (Lipinski definition) is 6. The number of hydrogen-bond donors (Lipinski definition) is 1. The van der Waals surface area contributed by atoms with Crippen LogP contribution in [0, 0.1) is 13.8 Å². The molecule has 1 aromatic carbocycles. The summed E-state index contributed by atoms with van der Waals surface area (Å²) >= 11 is 0. The predicted octanol–water partition coefficient (Wildman–Crippen LogP) is 3.26. The molecule has 0 aliphatic carbocycles. The van der Waals surface area contributed by atoms with E-state index in [1.807, 2.05) is 57.1 Å². The third kappa shape index (κ3) is 4.31. The average molecular weight is 380 g/mol. The van der Waals surface area contributed by atoms with Crippen molar-refractivity contribution in [2.24, 2.45) is 0 Å². The van der Waals surface area contributed by atoms with Gasteiger partial charge in [0, 0.05) is 32.4 Å². The summed E-state index contributed by atoms with van der Waals surface area (Å²) < 4.78 is 11.1. The van der Waals surface area contributed by atoms with Crippen LogP contribution in [0.2, 0.25) is 0 Å². The van der Waals surface area contributed by atoms with Crippen molar-refractivity contribution in [1.82, 2.24) is 15.5 Å². The Balaban J connectivity index is 1.71. The lowest BCUT2D eigenvalue weighted by Crippen LogP contribution is -2.25. The number of aryl methyl sites for hydroxylation is 2. The second-order valence-electron chi connectivity index (χ2n) is 6.65. The van der Waals surface area contributed by atoms with E-state index < -0.39 is 0 Å². The van der Waals surface area contributed by atoms with Gasteiger partial charge in [0.1, 0.15) is 23.9 Å². The van der Waals surface area contributed by atoms with E-state index in [-0.39, 0.29) is 5.91 Å². The monoisotopic (exact) mass is 380 g/mol. The molecule has 0 unspecified atom stereocenters. The van der Waals surface area contributed by atoms with Crippen molar-refractivity contribution in [3.05, 3.63) is 70.7 Å². The molecule has 3 rings (SSSR count). The number of benzene rings is 1. The van der Waals surface area contributed by atoms with Gasteiger partial charge in [-0.3, -0.25) is 4.79 Å². The molecule has 0 bridgehead atoms. The van der Waals surface area contributed by atoms with Crippen molar-refractivity contribution in [2.45, 2.75) is 27.0 Å². The Labute approximate surface area is 164 Å². The molecular formula is C21H24N4O3. The first-order chi connectivity index (χ1) is 13.5. The average Bonchev–Trinajstić information content (AvgIpc) is 3.02. The molecule has 1 amide bonds. The molecule has 0 fully saturated rings. The van der Waals surface area contributed by atoms with Crippen molar-refractivity contribution in [2.75, 3.05) is 19.0 Å². The van der Waals surface area contributed by atoms with Gasteiger partial charge in [-0.25, -0.2) is 4.98 Å². The molecule has 0 aliphatic heterocycles. The zero-order valence-corrected chi connectivity index (χ0v) is 16.5. The highest BCUT2D eigenvalue weighted by atomic mass is 16.5. The Morgan fingerprint density at radius 3 is 2.68 bits per heavy atom. The molecule has 2 heterocycles. The Morgan fingerprint density at radius 1 is 1.18 bits per heavy atom. The van der Waals surface area contributed by atoms with Gasteiger partial charge in [0.25, 0.3) is 5.91 Å². The van der Waals surface area contributed by atoms with Gasteiger partial charge in [-0.05, 0) is 32.0 Å². The lowest BCUT2D eigenvalue weighted by atomic mass is 10.1. The van der Waals surface area contributed by atoms with Crippen LogP contribution in [0.3, 0.4) is 0 Å². The fourth-order valence-electron chi connectivity index (χ4n) is 2.88. The molecular weight excluding hydrogens is 356 g/mol. The van der Waals surface area contributed by atoms with Crippen molar-refractivity contribution in [3.8, 4) is 5.75 Å². The standard InChI is InChI=1S/C21H24N4O3/c1-14-18(15(2)28-24-14)13-27-19-10-6-5-9-17(19)21(26)23-12-16-8-7-11-22-20(16)25(3)4/h5-11H,12-13H2,1-4H3,(H,23,26). The van der Waals surface area contributed by atoms with Crippen LogP contribution in [0.4, 0.5) is 5.82 Å². The summed E-state index contributed by atoms with van der Waals surface area (Å²) in [6, 6.07) is 11.0. The van der Waals surface area contributed by atoms with Gasteiger partial charge < -0.3 is 19.5 Å². The number of carbonyl (C=O) groups excluding carboxylic acids is 1. The number of anilines is 1. The van der Waals surface area contributed by atoms with Gasteiger partial charge in [0.05, 0.1) is 16.8 Å². The lowest BCUT2D eigenvalue weighted by Gasteiger charge is -2.16. The minimum atomic E-state index is -0.206. The summed E-state index contributed by atoms with van der Waals surface area (Å²) in [5.41, 5.74) is 3.09. The number of nitrogens with zero attached hydrogens (tertiary/aromatic N) is 3. The van der Waals surface area contributed by atoms with Gasteiger partial charge in [-0.1, -0.05) is 23.4 Å². The van der Waals surface area contributed by atoms with E-state index in [2.05, 4.69) is 15.5 Å². The zero-order chi connectivity index (χ0) is 20.1. The molecule has 7 nitrogen and oxygen atoms in total. The summed E-state index contributed by atoms with van der Waals surface area (Å²) in [5.74, 6) is 1.85. The summed E-state index contributed by atoms with van der Waals surface area (Å²) in [5, 5.41) is 6.88. The minimum Gasteiger partial charge on any atom is -0.488 e. The first-order valence-electron chi connectivity index (χ1n) is 9.00. The van der Waals surface area contributed by atoms with E-state index in [4.69, 9.17) is 9.26 Å². The van der Waals surface area contributed by atoms with Crippen LogP contribution >= 0.6 is 0 Å². The Kier molecular flexibility index (Phi) is 5.93. The van der Waals surface area contributed by atoms with E-state index in [1.54, 1.807) is 18.3 Å². The summed E-state index contributed by atoms with van der Waals surface area (Å²) in [7, 11) is 3.84. The van der Waals surface area contributed by atoms with Crippen LogP contribution in [-0.4, -0.2) is 30.1 Å².